The third-order valence-corrected chi connectivity index (χ3v) is 3.84. The van der Waals surface area contributed by atoms with Gasteiger partial charge in [-0.25, -0.2) is 0 Å². The topological polar surface area (TPSA) is 20.2 Å². The van der Waals surface area contributed by atoms with E-state index in [-0.39, 0.29) is 16.9 Å². The number of aliphatic hydroxyl groups is 1. The molecular weight excluding hydrogens is 208 g/mol. The lowest BCUT2D eigenvalue weighted by molar-refractivity contribution is 0.122. The second-order valence-electron chi connectivity index (χ2n) is 7.06. The van der Waals surface area contributed by atoms with Gasteiger partial charge in [0.2, 0.25) is 0 Å². The van der Waals surface area contributed by atoms with Crippen molar-refractivity contribution in [2.45, 2.75) is 61.0 Å². The zero-order valence-electron chi connectivity index (χ0n) is 12.5. The first-order valence-electron chi connectivity index (χ1n) is 6.61. The van der Waals surface area contributed by atoms with Crippen molar-refractivity contribution in [2.24, 2.45) is 16.7 Å². The highest BCUT2D eigenvalue weighted by atomic mass is 16.3. The largest absolute Gasteiger partial charge is 0.389 e. The Balaban J connectivity index is 3.19. The normalized spacial score (nSPS) is 29.8. The van der Waals surface area contributed by atoms with Crippen molar-refractivity contribution < 1.29 is 5.11 Å². The summed E-state index contributed by atoms with van der Waals surface area (Å²) in [7, 11) is 0. The van der Waals surface area contributed by atoms with Crippen LogP contribution in [0.5, 0.6) is 0 Å². The minimum Gasteiger partial charge on any atom is -0.389 e. The van der Waals surface area contributed by atoms with E-state index >= 15 is 0 Å². The number of rotatable bonds is 2. The highest BCUT2D eigenvalue weighted by molar-refractivity contribution is 5.24. The van der Waals surface area contributed by atoms with Crippen LogP contribution in [-0.4, -0.2) is 11.2 Å². The van der Waals surface area contributed by atoms with Crippen LogP contribution < -0.4 is 0 Å². The SMILES string of the molecule is CC1=CC(C)(C)C(/C(C)=C\C(C)O)C(C)(C)C1. The summed E-state index contributed by atoms with van der Waals surface area (Å²) in [5.74, 6) is 0.494. The van der Waals surface area contributed by atoms with E-state index in [9.17, 15) is 5.11 Å². The molecule has 1 aliphatic rings. The van der Waals surface area contributed by atoms with Gasteiger partial charge in [-0.3, -0.25) is 0 Å². The van der Waals surface area contributed by atoms with Crippen LogP contribution in [0, 0.1) is 16.7 Å². The molecule has 0 saturated heterocycles. The van der Waals surface area contributed by atoms with Crippen molar-refractivity contribution >= 4 is 0 Å². The summed E-state index contributed by atoms with van der Waals surface area (Å²) in [6.45, 7) is 15.5. The van der Waals surface area contributed by atoms with Gasteiger partial charge in [-0.05, 0) is 43.9 Å². The van der Waals surface area contributed by atoms with Gasteiger partial charge in [-0.15, -0.1) is 0 Å². The Labute approximate surface area is 107 Å². The summed E-state index contributed by atoms with van der Waals surface area (Å²) in [6, 6.07) is 0. The minimum absolute atomic E-state index is 0.168. The molecule has 0 aliphatic heterocycles. The molecule has 0 bridgehead atoms. The molecule has 1 aliphatic carbocycles. The van der Waals surface area contributed by atoms with E-state index in [1.54, 1.807) is 0 Å². The van der Waals surface area contributed by atoms with Crippen molar-refractivity contribution in [1.29, 1.82) is 0 Å². The Kier molecular flexibility index (Phi) is 3.93. The maximum atomic E-state index is 9.55. The molecule has 2 atom stereocenters. The molecule has 0 saturated carbocycles. The fraction of sp³-hybridized carbons (Fsp3) is 0.750. The molecule has 0 fully saturated rings. The second kappa shape index (κ2) is 4.61. The minimum atomic E-state index is -0.353. The first-order chi connectivity index (χ1) is 7.56. The monoisotopic (exact) mass is 236 g/mol. The van der Waals surface area contributed by atoms with E-state index in [1.165, 1.54) is 11.1 Å². The van der Waals surface area contributed by atoms with Crippen LogP contribution in [0.3, 0.4) is 0 Å². The van der Waals surface area contributed by atoms with Gasteiger partial charge in [-0.1, -0.05) is 51.0 Å². The summed E-state index contributed by atoms with van der Waals surface area (Å²) in [5, 5.41) is 9.55. The van der Waals surface area contributed by atoms with E-state index in [4.69, 9.17) is 0 Å². The summed E-state index contributed by atoms with van der Waals surface area (Å²) in [5.41, 5.74) is 3.24. The first-order valence-corrected chi connectivity index (χ1v) is 6.61. The molecule has 0 aromatic heterocycles. The number of hydrogen-bond donors (Lipinski definition) is 1. The zero-order chi connectivity index (χ0) is 13.4. The highest BCUT2D eigenvalue weighted by Crippen LogP contribution is 2.52. The van der Waals surface area contributed by atoms with Crippen molar-refractivity contribution in [3.8, 4) is 0 Å². The second-order valence-corrected chi connectivity index (χ2v) is 7.06. The Hall–Kier alpha value is -0.560. The maximum Gasteiger partial charge on any atom is 0.0695 e. The van der Waals surface area contributed by atoms with Crippen LogP contribution in [-0.2, 0) is 0 Å². The van der Waals surface area contributed by atoms with Gasteiger partial charge in [0.15, 0.2) is 0 Å². The summed E-state index contributed by atoms with van der Waals surface area (Å²) in [6.07, 6.45) is 5.20. The lowest BCUT2D eigenvalue weighted by Gasteiger charge is -2.48. The number of allylic oxidation sites excluding steroid dienone is 3. The average Bonchev–Trinajstić information content (AvgIpc) is 1.93. The van der Waals surface area contributed by atoms with Crippen LogP contribution in [0.25, 0.3) is 0 Å². The third-order valence-electron chi connectivity index (χ3n) is 3.84. The Bertz CT molecular complexity index is 343. The molecule has 0 aromatic carbocycles. The van der Waals surface area contributed by atoms with E-state index in [0.717, 1.165) is 6.42 Å². The molecule has 17 heavy (non-hydrogen) atoms. The molecule has 1 rings (SSSR count). The average molecular weight is 236 g/mol. The Morgan fingerprint density at radius 3 is 2.35 bits per heavy atom. The number of hydrogen-bond acceptors (Lipinski definition) is 1. The fourth-order valence-corrected chi connectivity index (χ4v) is 4.28. The first kappa shape index (κ1) is 14.5. The molecule has 98 valence electrons. The maximum absolute atomic E-state index is 9.55. The van der Waals surface area contributed by atoms with Gasteiger partial charge in [0, 0.05) is 0 Å². The fourth-order valence-electron chi connectivity index (χ4n) is 4.28. The molecular formula is C16H28O. The van der Waals surface area contributed by atoms with E-state index in [0.29, 0.717) is 5.92 Å². The molecule has 0 spiro atoms. The lowest BCUT2D eigenvalue weighted by Crippen LogP contribution is -2.39. The number of aliphatic hydroxyl groups excluding tert-OH is 1. The Morgan fingerprint density at radius 2 is 1.94 bits per heavy atom. The van der Waals surface area contributed by atoms with Crippen LogP contribution >= 0.6 is 0 Å². The Morgan fingerprint density at radius 1 is 1.41 bits per heavy atom. The quantitative estimate of drug-likeness (QED) is 0.707. The van der Waals surface area contributed by atoms with Gasteiger partial charge in [-0.2, -0.15) is 0 Å². The van der Waals surface area contributed by atoms with Crippen molar-refractivity contribution in [3.05, 3.63) is 23.3 Å². The van der Waals surface area contributed by atoms with Gasteiger partial charge in [0.05, 0.1) is 6.10 Å². The summed E-state index contributed by atoms with van der Waals surface area (Å²) >= 11 is 0. The van der Waals surface area contributed by atoms with E-state index in [1.807, 2.05) is 13.0 Å². The van der Waals surface area contributed by atoms with E-state index < -0.39 is 0 Å². The summed E-state index contributed by atoms with van der Waals surface area (Å²) in [4.78, 5) is 0. The molecule has 2 unspecified atom stereocenters. The van der Waals surface area contributed by atoms with Gasteiger partial charge < -0.3 is 5.11 Å². The smallest absolute Gasteiger partial charge is 0.0695 e. The van der Waals surface area contributed by atoms with Gasteiger partial charge >= 0.3 is 0 Å². The third kappa shape index (κ3) is 3.22. The van der Waals surface area contributed by atoms with Crippen molar-refractivity contribution in [3.63, 3.8) is 0 Å². The van der Waals surface area contributed by atoms with Crippen molar-refractivity contribution in [1.82, 2.24) is 0 Å². The van der Waals surface area contributed by atoms with Crippen LogP contribution in [0.15, 0.2) is 23.3 Å². The molecule has 0 aromatic rings. The highest BCUT2D eigenvalue weighted by Gasteiger charge is 2.43. The zero-order valence-corrected chi connectivity index (χ0v) is 12.5. The molecule has 1 N–H and O–H groups in total. The van der Waals surface area contributed by atoms with Crippen LogP contribution in [0.4, 0.5) is 0 Å². The molecule has 0 amide bonds. The van der Waals surface area contributed by atoms with Crippen LogP contribution in [0.1, 0.15) is 54.9 Å². The molecule has 0 radical (unpaired) electrons. The van der Waals surface area contributed by atoms with Crippen molar-refractivity contribution in [2.75, 3.05) is 0 Å². The van der Waals surface area contributed by atoms with E-state index in [2.05, 4.69) is 47.6 Å². The predicted molar refractivity (Wildman–Crippen MR) is 74.9 cm³/mol. The molecule has 1 heteroatoms. The molecule has 0 heterocycles. The molecule has 1 nitrogen and oxygen atoms in total. The van der Waals surface area contributed by atoms with Gasteiger partial charge in [0.25, 0.3) is 0 Å². The van der Waals surface area contributed by atoms with Crippen LogP contribution in [0.2, 0.25) is 0 Å². The standard InChI is InChI=1S/C16H28O/c1-11-9-15(4,5)14(16(6,7)10-11)12(2)8-13(3)17/h8-9,13-14,17H,10H2,1-7H3/b12-8-. The lowest BCUT2D eigenvalue weighted by atomic mass is 9.56. The van der Waals surface area contributed by atoms with Gasteiger partial charge in [0.1, 0.15) is 0 Å². The predicted octanol–water partition coefficient (Wildman–Crippen LogP) is 4.33. The summed E-state index contributed by atoms with van der Waals surface area (Å²) < 4.78 is 0.